The van der Waals surface area contributed by atoms with Gasteiger partial charge in [0.15, 0.2) is 6.17 Å². The molecule has 3 rings (SSSR count). The summed E-state index contributed by atoms with van der Waals surface area (Å²) in [6.07, 6.45) is 3.02. The average molecular weight is 341 g/mol. The lowest BCUT2D eigenvalue weighted by molar-refractivity contribution is -0.132. The molecule has 7 heteroatoms. The van der Waals surface area contributed by atoms with Gasteiger partial charge in [0.25, 0.3) is 11.8 Å². The number of alkyl carbamates (subject to hydrolysis) is 1. The van der Waals surface area contributed by atoms with Crippen LogP contribution in [0.2, 0.25) is 0 Å². The van der Waals surface area contributed by atoms with Crippen molar-refractivity contribution in [3.05, 3.63) is 59.3 Å². The van der Waals surface area contributed by atoms with Gasteiger partial charge in [-0.2, -0.15) is 0 Å². The summed E-state index contributed by atoms with van der Waals surface area (Å²) in [7, 11) is 1.60. The van der Waals surface area contributed by atoms with E-state index in [9.17, 15) is 14.4 Å². The van der Waals surface area contributed by atoms with Crippen LogP contribution in [-0.2, 0) is 20.9 Å². The lowest BCUT2D eigenvalue weighted by atomic mass is 10.0. The molecule has 130 valence electrons. The predicted octanol–water partition coefficient (Wildman–Crippen LogP) is 1.43. The molecule has 7 nitrogen and oxygen atoms in total. The van der Waals surface area contributed by atoms with Crippen LogP contribution in [0.3, 0.4) is 0 Å². The Bertz CT molecular complexity index is 755. The van der Waals surface area contributed by atoms with Crippen LogP contribution in [-0.4, -0.2) is 36.0 Å². The number of rotatable bonds is 3. The summed E-state index contributed by atoms with van der Waals surface area (Å²) < 4.78 is 5.11. The number of allylic oxidation sites excluding steroid dienone is 2. The molecule has 0 aromatic heterocycles. The number of amides is 3. The second-order valence-electron chi connectivity index (χ2n) is 5.81. The van der Waals surface area contributed by atoms with Crippen molar-refractivity contribution in [2.75, 3.05) is 7.05 Å². The number of ether oxygens (including phenoxy) is 1. The van der Waals surface area contributed by atoms with E-state index in [2.05, 4.69) is 10.6 Å². The minimum atomic E-state index is -1.17. The van der Waals surface area contributed by atoms with E-state index in [-0.39, 0.29) is 6.61 Å². The highest BCUT2D eigenvalue weighted by molar-refractivity contribution is 6.03. The van der Waals surface area contributed by atoms with Gasteiger partial charge < -0.3 is 15.0 Å². The van der Waals surface area contributed by atoms with Crippen LogP contribution in [0.15, 0.2) is 53.8 Å². The number of hydrogen-bond acceptors (Lipinski definition) is 4. The number of hydrogen-bond donors (Lipinski definition) is 2. The number of nitrogens with one attached hydrogen (secondary N) is 2. The fraction of sp³-hybridized carbons (Fsp3) is 0.278. The molecule has 1 atom stereocenters. The van der Waals surface area contributed by atoms with Gasteiger partial charge in [-0.1, -0.05) is 42.5 Å². The van der Waals surface area contributed by atoms with Crippen molar-refractivity contribution in [3.63, 3.8) is 0 Å². The Morgan fingerprint density at radius 1 is 1.32 bits per heavy atom. The minimum absolute atomic E-state index is 0.0782. The molecule has 1 aliphatic carbocycles. The molecule has 25 heavy (non-hydrogen) atoms. The minimum Gasteiger partial charge on any atom is -0.445 e. The molecule has 0 fully saturated rings. The summed E-state index contributed by atoms with van der Waals surface area (Å²) in [6.45, 7) is 0.0782. The quantitative estimate of drug-likeness (QED) is 0.871. The van der Waals surface area contributed by atoms with E-state index >= 15 is 0 Å². The van der Waals surface area contributed by atoms with E-state index in [4.69, 9.17) is 4.74 Å². The summed E-state index contributed by atoms with van der Waals surface area (Å²) >= 11 is 0. The standard InChI is InChI=1S/C18H19N3O4/c1-21-14-10-6-5-9-13(14)16(22)19-15(17(21)23)20-18(24)25-11-12-7-3-2-4-8-12/h2-5,7-9,15H,6,10-11H2,1H3,(H,19,22)(H,20,24). The van der Waals surface area contributed by atoms with Crippen molar-refractivity contribution < 1.29 is 19.1 Å². The molecule has 2 aliphatic rings. The first kappa shape index (κ1) is 16.8. The maximum absolute atomic E-state index is 12.5. The Balaban J connectivity index is 1.65. The summed E-state index contributed by atoms with van der Waals surface area (Å²) in [4.78, 5) is 38.3. The molecule has 0 spiro atoms. The van der Waals surface area contributed by atoms with Crippen LogP contribution < -0.4 is 10.6 Å². The van der Waals surface area contributed by atoms with Gasteiger partial charge in [0.05, 0.1) is 5.57 Å². The zero-order valence-electron chi connectivity index (χ0n) is 13.8. The number of likely N-dealkylation sites (N-methyl/N-ethyl adjacent to an activating group) is 1. The van der Waals surface area contributed by atoms with Crippen LogP contribution in [0.1, 0.15) is 18.4 Å². The normalized spacial score (nSPS) is 19.9. The van der Waals surface area contributed by atoms with Gasteiger partial charge in [-0.25, -0.2) is 4.79 Å². The van der Waals surface area contributed by atoms with E-state index in [1.165, 1.54) is 4.90 Å². The second-order valence-corrected chi connectivity index (χ2v) is 5.81. The third-order valence-corrected chi connectivity index (χ3v) is 4.12. The molecule has 3 amide bonds. The van der Waals surface area contributed by atoms with E-state index in [0.717, 1.165) is 12.0 Å². The monoisotopic (exact) mass is 341 g/mol. The number of carbonyl (C=O) groups excluding carboxylic acids is 3. The Kier molecular flexibility index (Phi) is 4.83. The van der Waals surface area contributed by atoms with Gasteiger partial charge in [-0.05, 0) is 18.4 Å². The largest absolute Gasteiger partial charge is 0.445 e. The van der Waals surface area contributed by atoms with Crippen LogP contribution in [0, 0.1) is 0 Å². The molecule has 1 unspecified atom stereocenters. The molecule has 1 aromatic rings. The highest BCUT2D eigenvalue weighted by atomic mass is 16.5. The summed E-state index contributed by atoms with van der Waals surface area (Å²) in [5.41, 5.74) is 1.93. The Hall–Kier alpha value is -3.09. The van der Waals surface area contributed by atoms with Crippen LogP contribution in [0.4, 0.5) is 4.79 Å². The van der Waals surface area contributed by atoms with Crippen molar-refractivity contribution in [2.45, 2.75) is 25.6 Å². The molecular formula is C18H19N3O4. The van der Waals surface area contributed by atoms with Crippen molar-refractivity contribution in [3.8, 4) is 0 Å². The second kappa shape index (κ2) is 7.21. The summed E-state index contributed by atoms with van der Waals surface area (Å²) in [6, 6.07) is 9.19. The van der Waals surface area contributed by atoms with E-state index < -0.39 is 24.1 Å². The third kappa shape index (κ3) is 3.71. The fourth-order valence-corrected chi connectivity index (χ4v) is 2.78. The fourth-order valence-electron chi connectivity index (χ4n) is 2.78. The maximum Gasteiger partial charge on any atom is 0.409 e. The SMILES string of the molecule is CN1C(=O)C(NC(=O)OCc2ccccc2)NC(=O)C2=C1CCC=C2. The van der Waals surface area contributed by atoms with Crippen molar-refractivity contribution in [1.82, 2.24) is 15.5 Å². The smallest absolute Gasteiger partial charge is 0.409 e. The number of carbonyl (C=O) groups is 3. The lowest BCUT2D eigenvalue weighted by Gasteiger charge is -2.24. The molecular weight excluding hydrogens is 322 g/mol. The molecule has 0 saturated carbocycles. The van der Waals surface area contributed by atoms with Crippen molar-refractivity contribution in [2.24, 2.45) is 0 Å². The first-order chi connectivity index (χ1) is 12.1. The van der Waals surface area contributed by atoms with Gasteiger partial charge in [0.2, 0.25) is 0 Å². The molecule has 2 N–H and O–H groups in total. The molecule has 1 aromatic carbocycles. The molecule has 0 bridgehead atoms. The van der Waals surface area contributed by atoms with Crippen LogP contribution in [0.5, 0.6) is 0 Å². The Morgan fingerprint density at radius 2 is 2.08 bits per heavy atom. The topological polar surface area (TPSA) is 87.7 Å². The van der Waals surface area contributed by atoms with Gasteiger partial charge in [0.1, 0.15) is 6.61 Å². The van der Waals surface area contributed by atoms with Gasteiger partial charge in [-0.15, -0.1) is 0 Å². The zero-order valence-corrected chi connectivity index (χ0v) is 13.8. The maximum atomic E-state index is 12.5. The molecule has 1 aliphatic heterocycles. The van der Waals surface area contributed by atoms with Crippen molar-refractivity contribution >= 4 is 17.9 Å². The number of benzene rings is 1. The number of nitrogens with zero attached hydrogens (tertiary/aromatic N) is 1. The molecule has 0 saturated heterocycles. The summed E-state index contributed by atoms with van der Waals surface area (Å²) in [5, 5.41) is 4.95. The van der Waals surface area contributed by atoms with Crippen LogP contribution >= 0.6 is 0 Å². The first-order valence-electron chi connectivity index (χ1n) is 8.01. The predicted molar refractivity (Wildman–Crippen MR) is 89.9 cm³/mol. The average Bonchev–Trinajstić information content (AvgIpc) is 2.73. The van der Waals surface area contributed by atoms with Crippen molar-refractivity contribution in [1.29, 1.82) is 0 Å². The third-order valence-electron chi connectivity index (χ3n) is 4.12. The highest BCUT2D eigenvalue weighted by Gasteiger charge is 2.34. The van der Waals surface area contributed by atoms with Gasteiger partial charge in [0, 0.05) is 12.7 Å². The highest BCUT2D eigenvalue weighted by Crippen LogP contribution is 2.24. The van der Waals surface area contributed by atoms with Gasteiger partial charge >= 0.3 is 6.09 Å². The van der Waals surface area contributed by atoms with E-state index in [1.807, 2.05) is 36.4 Å². The lowest BCUT2D eigenvalue weighted by Crippen LogP contribution is -2.55. The van der Waals surface area contributed by atoms with Crippen LogP contribution in [0.25, 0.3) is 0 Å². The Labute approximate surface area is 145 Å². The molecule has 0 radical (unpaired) electrons. The first-order valence-corrected chi connectivity index (χ1v) is 8.01. The molecule has 1 heterocycles. The zero-order chi connectivity index (χ0) is 17.8. The van der Waals surface area contributed by atoms with Gasteiger partial charge in [-0.3, -0.25) is 14.9 Å². The van der Waals surface area contributed by atoms with E-state index in [1.54, 1.807) is 13.1 Å². The van der Waals surface area contributed by atoms with E-state index in [0.29, 0.717) is 17.7 Å². The summed E-state index contributed by atoms with van der Waals surface area (Å²) in [5.74, 6) is -0.803. The Morgan fingerprint density at radius 3 is 2.84 bits per heavy atom.